The molecule has 0 bridgehead atoms. The molecule has 0 spiro atoms. The summed E-state index contributed by atoms with van der Waals surface area (Å²) in [4.78, 5) is 74.6. The van der Waals surface area contributed by atoms with Gasteiger partial charge in [-0.1, -0.05) is 41.5 Å². The van der Waals surface area contributed by atoms with Crippen molar-refractivity contribution >= 4 is 31.7 Å². The van der Waals surface area contributed by atoms with E-state index < -0.39 is 117 Å². The fraction of sp³-hybridized carbons (Fsp3) is 0.724. The summed E-state index contributed by atoms with van der Waals surface area (Å²) in [6, 6.07) is -0.205. The van der Waals surface area contributed by atoms with E-state index in [-0.39, 0.29) is 5.92 Å². The first kappa shape index (κ1) is 40.9. The molecular formula is C29H43FN3O16P. The van der Waals surface area contributed by atoms with Crippen molar-refractivity contribution in [3.63, 3.8) is 0 Å². The van der Waals surface area contributed by atoms with Crippen molar-refractivity contribution in [2.75, 3.05) is 20.3 Å². The molecule has 2 aliphatic rings. The molecule has 3 rings (SSSR count). The number of alkyl halides is 1. The lowest BCUT2D eigenvalue weighted by Crippen LogP contribution is -2.54. The summed E-state index contributed by atoms with van der Waals surface area (Å²) in [5, 5.41) is 11.9. The molecule has 3 N–H and O–H groups in total. The highest BCUT2D eigenvalue weighted by molar-refractivity contribution is 7.48. The van der Waals surface area contributed by atoms with Crippen LogP contribution in [0.1, 0.15) is 61.6 Å². The van der Waals surface area contributed by atoms with Gasteiger partial charge in [0.05, 0.1) is 11.8 Å². The van der Waals surface area contributed by atoms with Crippen molar-refractivity contribution in [3.05, 3.63) is 33.1 Å². The van der Waals surface area contributed by atoms with Crippen molar-refractivity contribution in [1.29, 1.82) is 0 Å². The molecule has 2 fully saturated rings. The number of aromatic nitrogens is 2. The molecule has 6 atom stereocenters. The molecule has 1 aromatic rings. The molecule has 1 aliphatic carbocycles. The lowest BCUT2D eigenvalue weighted by molar-refractivity contribution is -0.189. The third-order valence-corrected chi connectivity index (χ3v) is 9.38. The minimum atomic E-state index is -5.06. The molecule has 50 heavy (non-hydrogen) atoms. The Morgan fingerprint density at radius 2 is 1.54 bits per heavy atom. The van der Waals surface area contributed by atoms with Gasteiger partial charge in [0.25, 0.3) is 5.56 Å². The van der Waals surface area contributed by atoms with Gasteiger partial charge in [-0.25, -0.2) is 27.4 Å². The third kappa shape index (κ3) is 7.70. The highest BCUT2D eigenvalue weighted by atomic mass is 31.2. The van der Waals surface area contributed by atoms with Crippen LogP contribution in [0.15, 0.2) is 21.9 Å². The van der Waals surface area contributed by atoms with Crippen LogP contribution in [0.4, 0.5) is 4.39 Å². The smallest absolute Gasteiger partial charge is 0.450 e. The average Bonchev–Trinajstić information content (AvgIpc) is 3.49. The molecule has 282 valence electrons. The number of phosphoric acid groups is 1. The molecule has 0 aromatic carbocycles. The summed E-state index contributed by atoms with van der Waals surface area (Å²) < 4.78 is 71.8. The summed E-state index contributed by atoms with van der Waals surface area (Å²) in [5.41, 5.74) is -4.03. The largest absolute Gasteiger partial charge is 0.481 e. The number of esters is 4. The zero-order chi connectivity index (χ0) is 38.0. The highest BCUT2D eigenvalue weighted by Gasteiger charge is 2.96. The quantitative estimate of drug-likeness (QED) is 0.0962. The lowest BCUT2D eigenvalue weighted by Gasteiger charge is -2.35. The van der Waals surface area contributed by atoms with Crippen molar-refractivity contribution in [2.45, 2.75) is 97.3 Å². The van der Waals surface area contributed by atoms with Crippen molar-refractivity contribution in [2.24, 2.45) is 23.5 Å². The second-order valence-corrected chi connectivity index (χ2v) is 14.4. The van der Waals surface area contributed by atoms with Gasteiger partial charge in [-0.3, -0.25) is 33.1 Å². The van der Waals surface area contributed by atoms with E-state index in [4.69, 9.17) is 43.0 Å². The first-order valence-electron chi connectivity index (χ1n) is 15.4. The van der Waals surface area contributed by atoms with Gasteiger partial charge in [-0.2, -0.15) is 0 Å². The SMILES string of the molecule is CC(=O)O[C@]12C(OP(=O)(OCOC(=O)C(C)C)OCOC(=O)C(C)C)[C@@]1(CF)O[C@@H](n1ccc(=O)n(COC(=O)C(N)C(C)C)c1=O)[C@]2(C)O. The van der Waals surface area contributed by atoms with Crippen LogP contribution >= 0.6 is 7.82 Å². The van der Waals surface area contributed by atoms with E-state index >= 15 is 4.39 Å². The highest BCUT2D eigenvalue weighted by Crippen LogP contribution is 2.73. The van der Waals surface area contributed by atoms with E-state index in [1.165, 1.54) is 27.7 Å². The summed E-state index contributed by atoms with van der Waals surface area (Å²) >= 11 is 0. The number of rotatable bonds is 17. The second kappa shape index (κ2) is 15.4. The Hall–Kier alpha value is -3.52. The van der Waals surface area contributed by atoms with Crippen LogP contribution in [0.2, 0.25) is 0 Å². The second-order valence-electron chi connectivity index (χ2n) is 12.8. The lowest BCUT2D eigenvalue weighted by atomic mass is 9.93. The number of fused-ring (bicyclic) bond motifs is 1. The van der Waals surface area contributed by atoms with Gasteiger partial charge in [0.2, 0.25) is 19.2 Å². The number of phosphoric ester groups is 1. The Bertz CT molecular complexity index is 1600. The number of carbonyl (C=O) groups is 4. The normalized spacial score (nSPS) is 26.4. The summed E-state index contributed by atoms with van der Waals surface area (Å²) in [5.74, 6) is -5.15. The maximum atomic E-state index is 15.1. The number of halogens is 1. The molecule has 0 radical (unpaired) electrons. The number of nitrogens with two attached hydrogens (primary N) is 1. The molecule has 1 saturated heterocycles. The van der Waals surface area contributed by atoms with E-state index in [0.29, 0.717) is 9.13 Å². The van der Waals surface area contributed by atoms with Crippen LogP contribution in [0.25, 0.3) is 0 Å². The Kier molecular flexibility index (Phi) is 12.6. The minimum absolute atomic E-state index is 0.332. The molecule has 1 aliphatic heterocycles. The van der Waals surface area contributed by atoms with Gasteiger partial charge >= 0.3 is 37.4 Å². The molecule has 1 aromatic heterocycles. The number of carbonyl (C=O) groups excluding carboxylic acids is 4. The molecule has 2 unspecified atom stereocenters. The molecule has 19 nitrogen and oxygen atoms in total. The fourth-order valence-corrected chi connectivity index (χ4v) is 6.26. The molecule has 1 saturated carbocycles. The van der Waals surface area contributed by atoms with Gasteiger partial charge in [0.15, 0.2) is 30.3 Å². The van der Waals surface area contributed by atoms with Gasteiger partial charge < -0.3 is 34.5 Å². The monoisotopic (exact) mass is 739 g/mol. The van der Waals surface area contributed by atoms with Crippen molar-refractivity contribution in [3.8, 4) is 0 Å². The fourth-order valence-electron chi connectivity index (χ4n) is 5.13. The maximum Gasteiger partial charge on any atom is 0.481 e. The topological polar surface area (TPSA) is 249 Å². The van der Waals surface area contributed by atoms with E-state index in [1.807, 2.05) is 0 Å². The van der Waals surface area contributed by atoms with E-state index in [1.54, 1.807) is 13.8 Å². The zero-order valence-corrected chi connectivity index (χ0v) is 29.7. The molecule has 21 heteroatoms. The zero-order valence-electron chi connectivity index (χ0n) is 28.8. The van der Waals surface area contributed by atoms with Gasteiger partial charge in [-0.05, 0) is 12.8 Å². The van der Waals surface area contributed by atoms with E-state index in [9.17, 15) is 38.4 Å². The summed E-state index contributed by atoms with van der Waals surface area (Å²) in [7, 11) is -5.06. The number of ether oxygens (including phenoxy) is 5. The van der Waals surface area contributed by atoms with Crippen molar-refractivity contribution in [1.82, 2.24) is 9.13 Å². The maximum absolute atomic E-state index is 15.1. The molecule has 0 amide bonds. The summed E-state index contributed by atoms with van der Waals surface area (Å²) in [6.07, 6.45) is -2.99. The Balaban J connectivity index is 2.00. The summed E-state index contributed by atoms with van der Waals surface area (Å²) in [6.45, 7) is 6.67. The van der Waals surface area contributed by atoms with Crippen LogP contribution in [0.5, 0.6) is 0 Å². The molecular weight excluding hydrogens is 696 g/mol. The van der Waals surface area contributed by atoms with Crippen LogP contribution in [0, 0.1) is 17.8 Å². The minimum Gasteiger partial charge on any atom is -0.450 e. The third-order valence-electron chi connectivity index (χ3n) is 8.07. The number of hydrogen-bond acceptors (Lipinski definition) is 17. The van der Waals surface area contributed by atoms with E-state index in [2.05, 4.69) is 0 Å². The Morgan fingerprint density at radius 1 is 1.00 bits per heavy atom. The first-order valence-corrected chi connectivity index (χ1v) is 16.9. The van der Waals surface area contributed by atoms with Crippen LogP contribution in [0.3, 0.4) is 0 Å². The predicted molar refractivity (Wildman–Crippen MR) is 164 cm³/mol. The Morgan fingerprint density at radius 3 is 2.00 bits per heavy atom. The molecule has 2 heterocycles. The van der Waals surface area contributed by atoms with Crippen LogP contribution < -0.4 is 17.0 Å². The van der Waals surface area contributed by atoms with E-state index in [0.717, 1.165) is 26.1 Å². The average molecular weight is 740 g/mol. The van der Waals surface area contributed by atoms with Gasteiger partial charge in [-0.15, -0.1) is 0 Å². The van der Waals surface area contributed by atoms with Gasteiger partial charge in [0, 0.05) is 19.2 Å². The predicted octanol–water partition coefficient (Wildman–Crippen LogP) is 0.638. The van der Waals surface area contributed by atoms with Crippen LogP contribution in [-0.4, -0.2) is 87.3 Å². The van der Waals surface area contributed by atoms with Gasteiger partial charge in [0.1, 0.15) is 12.7 Å². The first-order chi connectivity index (χ1) is 23.1. The number of aliphatic hydroxyl groups is 1. The van der Waals surface area contributed by atoms with Crippen molar-refractivity contribution < 1.29 is 70.5 Å². The standard InChI is InChI=1S/C29H43FN3O16P/c1-15(2)20(31)23(38)42-12-33-19(35)9-10-32(26(33)39)25-27(8,40)29(47-18(7)34)24(28(29,11-30)48-25)49-50(41,45-13-43-21(36)16(3)4)46-14-44-22(37)17(5)6/h9-10,15-17,20,24-25,40H,11-14,31H2,1-8H3/t20?,24?,25-,27+,28-,29+/m1/s1. The van der Waals surface area contributed by atoms with Crippen LogP contribution in [-0.2, 0) is 67.7 Å². The Labute approximate surface area is 285 Å². The number of nitrogens with zero attached hydrogens (tertiary/aromatic N) is 2. The number of hydrogen-bond donors (Lipinski definition) is 2.